The van der Waals surface area contributed by atoms with E-state index in [9.17, 15) is 9.90 Å². The molecule has 1 aromatic carbocycles. The molecule has 3 N–H and O–H groups in total. The average molecular weight is 310 g/mol. The zero-order valence-corrected chi connectivity index (χ0v) is 13.6. The summed E-state index contributed by atoms with van der Waals surface area (Å²) in [5, 5.41) is 9.48. The molecule has 0 aliphatic rings. The molecule has 5 nitrogen and oxygen atoms in total. The van der Waals surface area contributed by atoms with Gasteiger partial charge >= 0.3 is 6.09 Å². The SMILES string of the molecule is COc1ccc(CC(C(N)=S)N(C(=O)O)C(C)(C)C)cc1. The van der Waals surface area contributed by atoms with Crippen LogP contribution in [0.15, 0.2) is 24.3 Å². The molecule has 0 fully saturated rings. The highest BCUT2D eigenvalue weighted by molar-refractivity contribution is 7.80. The average Bonchev–Trinajstić information content (AvgIpc) is 2.36. The van der Waals surface area contributed by atoms with Crippen molar-refractivity contribution >= 4 is 23.3 Å². The van der Waals surface area contributed by atoms with Gasteiger partial charge in [-0.15, -0.1) is 0 Å². The first-order valence-corrected chi connectivity index (χ1v) is 7.02. The first-order valence-electron chi connectivity index (χ1n) is 6.61. The Morgan fingerprint density at radius 2 is 1.90 bits per heavy atom. The van der Waals surface area contributed by atoms with Crippen LogP contribution in [0.4, 0.5) is 4.79 Å². The molecule has 116 valence electrons. The molecule has 0 aromatic heterocycles. The summed E-state index contributed by atoms with van der Waals surface area (Å²) < 4.78 is 5.11. The molecule has 0 spiro atoms. The maximum absolute atomic E-state index is 11.6. The molecular formula is C15H22N2O3S. The van der Waals surface area contributed by atoms with Gasteiger partial charge in [0.05, 0.1) is 18.1 Å². The number of nitrogens with two attached hydrogens (primary N) is 1. The first kappa shape index (κ1) is 17.2. The number of hydrogen-bond acceptors (Lipinski definition) is 3. The number of carbonyl (C=O) groups is 1. The van der Waals surface area contributed by atoms with Crippen molar-refractivity contribution in [1.82, 2.24) is 4.90 Å². The number of benzene rings is 1. The zero-order valence-electron chi connectivity index (χ0n) is 12.8. The van der Waals surface area contributed by atoms with Crippen LogP contribution in [0.5, 0.6) is 5.75 Å². The van der Waals surface area contributed by atoms with Crippen LogP contribution in [-0.2, 0) is 6.42 Å². The topological polar surface area (TPSA) is 75.8 Å². The fourth-order valence-electron chi connectivity index (χ4n) is 2.19. The summed E-state index contributed by atoms with van der Waals surface area (Å²) >= 11 is 5.08. The molecule has 21 heavy (non-hydrogen) atoms. The molecule has 0 radical (unpaired) electrons. The second-order valence-electron chi connectivity index (χ2n) is 5.79. The third kappa shape index (κ3) is 4.60. The quantitative estimate of drug-likeness (QED) is 0.818. The Labute approximate surface area is 130 Å². The van der Waals surface area contributed by atoms with E-state index in [1.54, 1.807) is 7.11 Å². The van der Waals surface area contributed by atoms with Crippen LogP contribution in [0.1, 0.15) is 26.3 Å². The fraction of sp³-hybridized carbons (Fsp3) is 0.467. The van der Waals surface area contributed by atoms with E-state index in [4.69, 9.17) is 22.7 Å². The second kappa shape index (κ2) is 6.76. The molecule has 0 aliphatic carbocycles. The largest absolute Gasteiger partial charge is 0.497 e. The van der Waals surface area contributed by atoms with Gasteiger partial charge in [0.2, 0.25) is 0 Å². The molecule has 0 bridgehead atoms. The molecule has 0 saturated carbocycles. The van der Waals surface area contributed by atoms with Crippen molar-refractivity contribution in [2.24, 2.45) is 5.73 Å². The number of thiocarbonyl (C=S) groups is 1. The molecule has 1 aromatic rings. The first-order chi connectivity index (χ1) is 9.66. The highest BCUT2D eigenvalue weighted by Crippen LogP contribution is 2.21. The van der Waals surface area contributed by atoms with Gasteiger partial charge in [-0.3, -0.25) is 4.90 Å². The van der Waals surface area contributed by atoms with E-state index in [0.717, 1.165) is 11.3 Å². The van der Waals surface area contributed by atoms with E-state index in [1.165, 1.54) is 4.90 Å². The standard InChI is InChI=1S/C15H22N2O3S/c1-15(2,3)17(14(18)19)12(13(16)21)9-10-5-7-11(20-4)8-6-10/h5-8,12H,9H2,1-4H3,(H2,16,21)(H,18,19). The lowest BCUT2D eigenvalue weighted by atomic mass is 9.98. The number of hydrogen-bond donors (Lipinski definition) is 2. The predicted molar refractivity (Wildman–Crippen MR) is 86.9 cm³/mol. The van der Waals surface area contributed by atoms with Gasteiger partial charge in [-0.2, -0.15) is 0 Å². The third-order valence-electron chi connectivity index (χ3n) is 3.16. The Hall–Kier alpha value is -1.82. The van der Waals surface area contributed by atoms with Crippen molar-refractivity contribution in [2.75, 3.05) is 7.11 Å². The van der Waals surface area contributed by atoms with E-state index in [1.807, 2.05) is 45.0 Å². The van der Waals surface area contributed by atoms with Crippen LogP contribution in [0, 0.1) is 0 Å². The number of amides is 1. The second-order valence-corrected chi connectivity index (χ2v) is 6.27. The van der Waals surface area contributed by atoms with Crippen molar-refractivity contribution in [1.29, 1.82) is 0 Å². The van der Waals surface area contributed by atoms with Gasteiger partial charge in [0.1, 0.15) is 5.75 Å². The van der Waals surface area contributed by atoms with Crippen LogP contribution >= 0.6 is 12.2 Å². The lowest BCUT2D eigenvalue weighted by Gasteiger charge is -2.39. The smallest absolute Gasteiger partial charge is 0.408 e. The molecule has 1 unspecified atom stereocenters. The van der Waals surface area contributed by atoms with Crippen LogP contribution in [0.2, 0.25) is 0 Å². The third-order valence-corrected chi connectivity index (χ3v) is 3.43. The molecule has 1 amide bonds. The fourth-order valence-corrected chi connectivity index (χ4v) is 2.38. The van der Waals surface area contributed by atoms with Crippen molar-refractivity contribution < 1.29 is 14.6 Å². The Morgan fingerprint density at radius 3 is 2.24 bits per heavy atom. The molecule has 0 aliphatic heterocycles. The molecule has 1 atom stereocenters. The Balaban J connectivity index is 3.05. The number of ether oxygens (including phenoxy) is 1. The van der Waals surface area contributed by atoms with Gasteiger partial charge in [-0.05, 0) is 44.9 Å². The van der Waals surface area contributed by atoms with Crippen molar-refractivity contribution in [3.63, 3.8) is 0 Å². The maximum Gasteiger partial charge on any atom is 0.408 e. The van der Waals surface area contributed by atoms with Gasteiger partial charge < -0.3 is 15.6 Å². The molecule has 1 rings (SSSR count). The van der Waals surface area contributed by atoms with Crippen LogP contribution in [0.3, 0.4) is 0 Å². The minimum absolute atomic E-state index is 0.170. The van der Waals surface area contributed by atoms with Crippen molar-refractivity contribution in [2.45, 2.75) is 38.8 Å². The van der Waals surface area contributed by atoms with E-state index < -0.39 is 17.7 Å². The summed E-state index contributed by atoms with van der Waals surface area (Å²) in [6.07, 6.45) is -0.600. The van der Waals surface area contributed by atoms with Crippen molar-refractivity contribution in [3.8, 4) is 5.75 Å². The van der Waals surface area contributed by atoms with E-state index in [0.29, 0.717) is 6.42 Å². The lowest BCUT2D eigenvalue weighted by molar-refractivity contribution is 0.0882. The highest BCUT2D eigenvalue weighted by Gasteiger charge is 2.34. The van der Waals surface area contributed by atoms with Gasteiger partial charge in [0.15, 0.2) is 0 Å². The van der Waals surface area contributed by atoms with Crippen molar-refractivity contribution in [3.05, 3.63) is 29.8 Å². The van der Waals surface area contributed by atoms with Gasteiger partial charge in [-0.1, -0.05) is 24.4 Å². The zero-order chi connectivity index (χ0) is 16.2. The molecule has 0 saturated heterocycles. The number of nitrogens with zero attached hydrogens (tertiary/aromatic N) is 1. The van der Waals surface area contributed by atoms with Crippen LogP contribution in [0.25, 0.3) is 0 Å². The minimum Gasteiger partial charge on any atom is -0.497 e. The van der Waals surface area contributed by atoms with Gasteiger partial charge in [0.25, 0.3) is 0 Å². The number of methoxy groups -OCH3 is 1. The Kier molecular flexibility index (Phi) is 5.54. The van der Waals surface area contributed by atoms with E-state index >= 15 is 0 Å². The normalized spacial score (nSPS) is 12.6. The Morgan fingerprint density at radius 1 is 1.38 bits per heavy atom. The van der Waals surface area contributed by atoms with Gasteiger partial charge in [-0.25, -0.2) is 4.79 Å². The summed E-state index contributed by atoms with van der Waals surface area (Å²) in [6, 6.07) is 6.87. The number of rotatable bonds is 5. The summed E-state index contributed by atoms with van der Waals surface area (Å²) in [5.41, 5.74) is 6.14. The lowest BCUT2D eigenvalue weighted by Crippen LogP contribution is -2.56. The van der Waals surface area contributed by atoms with E-state index in [2.05, 4.69) is 0 Å². The maximum atomic E-state index is 11.6. The monoisotopic (exact) mass is 310 g/mol. The summed E-state index contributed by atoms with van der Waals surface area (Å²) in [6.45, 7) is 5.46. The van der Waals surface area contributed by atoms with Crippen LogP contribution < -0.4 is 10.5 Å². The summed E-state index contributed by atoms with van der Waals surface area (Å²) in [4.78, 5) is 13.0. The van der Waals surface area contributed by atoms with Gasteiger partial charge in [0, 0.05) is 5.54 Å². The Bertz CT molecular complexity index is 509. The number of carboxylic acid groups (broad SMARTS) is 1. The molecule has 0 heterocycles. The molecule has 6 heteroatoms. The summed E-state index contributed by atoms with van der Waals surface area (Å²) in [5.74, 6) is 0.747. The van der Waals surface area contributed by atoms with E-state index in [-0.39, 0.29) is 4.99 Å². The summed E-state index contributed by atoms with van der Waals surface area (Å²) in [7, 11) is 1.60. The highest BCUT2D eigenvalue weighted by atomic mass is 32.1. The van der Waals surface area contributed by atoms with Crippen LogP contribution in [-0.4, -0.2) is 39.8 Å². The predicted octanol–water partition coefficient (Wildman–Crippen LogP) is 2.67. The minimum atomic E-state index is -1.03. The molecular weight excluding hydrogens is 288 g/mol.